The zero-order chi connectivity index (χ0) is 23.0. The number of carbonyl (C=O) groups excluding carboxylic acids is 1. The highest BCUT2D eigenvalue weighted by Gasteiger charge is 2.24. The van der Waals surface area contributed by atoms with E-state index in [1.54, 1.807) is 0 Å². The SMILES string of the molecule is Cc1cccc(N=C2NC(=O)/C(=C/c3cc(C)n(-c4ccc(C(C)(C)C)cc4)c3C)S2)c1. The molecule has 164 valence electrons. The molecule has 3 aromatic rings. The molecule has 1 aliphatic rings. The molecule has 1 aromatic heterocycles. The molecule has 2 heterocycles. The lowest BCUT2D eigenvalue weighted by Crippen LogP contribution is -2.19. The topological polar surface area (TPSA) is 46.4 Å². The second kappa shape index (κ2) is 8.47. The summed E-state index contributed by atoms with van der Waals surface area (Å²) in [5.74, 6) is -0.110. The first-order valence-electron chi connectivity index (χ1n) is 10.8. The van der Waals surface area contributed by atoms with Crippen molar-refractivity contribution in [1.29, 1.82) is 0 Å². The van der Waals surface area contributed by atoms with Gasteiger partial charge in [-0.2, -0.15) is 0 Å². The first-order chi connectivity index (χ1) is 15.1. The Balaban J connectivity index is 1.62. The Morgan fingerprint density at radius 2 is 1.72 bits per heavy atom. The van der Waals surface area contributed by atoms with Crippen LogP contribution in [0.3, 0.4) is 0 Å². The van der Waals surface area contributed by atoms with Crippen molar-refractivity contribution in [3.63, 3.8) is 0 Å². The number of aliphatic imine (C=N–C) groups is 1. The Morgan fingerprint density at radius 1 is 1.00 bits per heavy atom. The summed E-state index contributed by atoms with van der Waals surface area (Å²) >= 11 is 1.38. The first-order valence-corrected chi connectivity index (χ1v) is 11.6. The predicted octanol–water partition coefficient (Wildman–Crippen LogP) is 6.59. The second-order valence-electron chi connectivity index (χ2n) is 9.28. The minimum absolute atomic E-state index is 0.110. The van der Waals surface area contributed by atoms with Gasteiger partial charge in [0.15, 0.2) is 5.17 Å². The molecule has 1 aliphatic heterocycles. The van der Waals surface area contributed by atoms with E-state index in [1.807, 2.05) is 37.3 Å². The molecule has 1 amide bonds. The van der Waals surface area contributed by atoms with Gasteiger partial charge in [-0.3, -0.25) is 4.79 Å². The Morgan fingerprint density at radius 3 is 2.38 bits per heavy atom. The number of hydrogen-bond acceptors (Lipinski definition) is 3. The van der Waals surface area contributed by atoms with E-state index < -0.39 is 0 Å². The molecule has 0 saturated carbocycles. The summed E-state index contributed by atoms with van der Waals surface area (Å²) in [6, 6.07) is 18.8. The van der Waals surface area contributed by atoms with Gasteiger partial charge >= 0.3 is 0 Å². The minimum Gasteiger partial charge on any atom is -0.318 e. The van der Waals surface area contributed by atoms with Gasteiger partial charge in [0.1, 0.15) is 0 Å². The number of amidine groups is 1. The van der Waals surface area contributed by atoms with Crippen LogP contribution in [0.4, 0.5) is 5.69 Å². The summed E-state index contributed by atoms with van der Waals surface area (Å²) in [6.45, 7) is 12.9. The van der Waals surface area contributed by atoms with Crippen molar-refractivity contribution in [3.05, 3.63) is 87.6 Å². The number of thioether (sulfide) groups is 1. The van der Waals surface area contributed by atoms with E-state index in [1.165, 1.54) is 17.3 Å². The second-order valence-corrected chi connectivity index (χ2v) is 10.3. The zero-order valence-electron chi connectivity index (χ0n) is 19.5. The van der Waals surface area contributed by atoms with Crippen molar-refractivity contribution in [2.45, 2.75) is 47.0 Å². The fraction of sp³-hybridized carbons (Fsp3) is 0.259. The van der Waals surface area contributed by atoms with Crippen molar-refractivity contribution < 1.29 is 4.79 Å². The Kier molecular flexibility index (Phi) is 5.87. The number of aromatic nitrogens is 1. The molecular formula is C27H29N3OS. The van der Waals surface area contributed by atoms with Crippen LogP contribution in [0.25, 0.3) is 11.8 Å². The maximum atomic E-state index is 12.6. The lowest BCUT2D eigenvalue weighted by atomic mass is 9.87. The molecule has 0 bridgehead atoms. The predicted molar refractivity (Wildman–Crippen MR) is 136 cm³/mol. The fourth-order valence-electron chi connectivity index (χ4n) is 3.88. The molecule has 4 nitrogen and oxygen atoms in total. The van der Waals surface area contributed by atoms with Gasteiger partial charge in [-0.25, -0.2) is 4.99 Å². The van der Waals surface area contributed by atoms with E-state index in [-0.39, 0.29) is 11.3 Å². The zero-order valence-corrected chi connectivity index (χ0v) is 20.3. The quantitative estimate of drug-likeness (QED) is 0.464. The molecule has 1 N–H and O–H groups in total. The molecule has 5 heteroatoms. The minimum atomic E-state index is -0.110. The van der Waals surface area contributed by atoms with Crippen LogP contribution in [-0.4, -0.2) is 15.6 Å². The summed E-state index contributed by atoms with van der Waals surface area (Å²) in [5.41, 5.74) is 7.82. The number of hydrogen-bond donors (Lipinski definition) is 1. The molecule has 1 fully saturated rings. The normalized spacial score (nSPS) is 16.8. The van der Waals surface area contributed by atoms with Crippen LogP contribution in [0.1, 0.15) is 48.8 Å². The molecule has 2 aromatic carbocycles. The van der Waals surface area contributed by atoms with E-state index in [0.29, 0.717) is 10.1 Å². The standard InChI is InChI=1S/C27H29N3OS/c1-17-8-7-9-22(14-17)28-26-29-25(31)24(32-26)16-20-15-18(2)30(19(20)3)23-12-10-21(11-13-23)27(4,5)6/h7-16H,1-6H3,(H,28,29,31)/b24-16-. The highest BCUT2D eigenvalue weighted by atomic mass is 32.2. The van der Waals surface area contributed by atoms with Gasteiger partial charge in [0.25, 0.3) is 5.91 Å². The van der Waals surface area contributed by atoms with E-state index in [9.17, 15) is 4.79 Å². The molecule has 4 rings (SSSR count). The van der Waals surface area contributed by atoms with Crippen LogP contribution in [0.15, 0.2) is 64.5 Å². The van der Waals surface area contributed by atoms with Gasteiger partial charge in [0.2, 0.25) is 0 Å². The number of carbonyl (C=O) groups is 1. The molecule has 0 unspecified atom stereocenters. The van der Waals surface area contributed by atoms with Gasteiger partial charge in [-0.05, 0) is 91.0 Å². The van der Waals surface area contributed by atoms with E-state index in [4.69, 9.17) is 0 Å². The molecule has 0 aliphatic carbocycles. The van der Waals surface area contributed by atoms with Crippen molar-refractivity contribution in [2.75, 3.05) is 0 Å². The molecular weight excluding hydrogens is 414 g/mol. The van der Waals surface area contributed by atoms with Gasteiger partial charge in [0.05, 0.1) is 10.6 Å². The number of nitrogens with one attached hydrogen (secondary N) is 1. The van der Waals surface area contributed by atoms with Gasteiger partial charge in [0, 0.05) is 17.1 Å². The molecule has 32 heavy (non-hydrogen) atoms. The van der Waals surface area contributed by atoms with Crippen molar-refractivity contribution >= 4 is 34.6 Å². The number of nitrogens with zero attached hydrogens (tertiary/aromatic N) is 2. The van der Waals surface area contributed by atoms with E-state index in [0.717, 1.165) is 33.9 Å². The molecule has 0 radical (unpaired) electrons. The fourth-order valence-corrected chi connectivity index (χ4v) is 4.71. The largest absolute Gasteiger partial charge is 0.318 e. The van der Waals surface area contributed by atoms with Crippen molar-refractivity contribution in [2.24, 2.45) is 4.99 Å². The number of amides is 1. The highest BCUT2D eigenvalue weighted by Crippen LogP contribution is 2.31. The Bertz CT molecular complexity index is 1240. The summed E-state index contributed by atoms with van der Waals surface area (Å²) in [4.78, 5) is 17.8. The Hall–Kier alpha value is -3.05. The van der Waals surface area contributed by atoms with Gasteiger partial charge in [-0.15, -0.1) is 0 Å². The van der Waals surface area contributed by atoms with Crippen molar-refractivity contribution in [1.82, 2.24) is 9.88 Å². The summed E-state index contributed by atoms with van der Waals surface area (Å²) in [7, 11) is 0. The molecule has 0 atom stereocenters. The third-order valence-corrected chi connectivity index (χ3v) is 6.54. The molecule has 0 spiro atoms. The number of benzene rings is 2. The molecule has 1 saturated heterocycles. The number of aryl methyl sites for hydroxylation is 2. The lowest BCUT2D eigenvalue weighted by molar-refractivity contribution is -0.115. The van der Waals surface area contributed by atoms with Crippen LogP contribution in [0, 0.1) is 20.8 Å². The third-order valence-electron chi connectivity index (χ3n) is 5.63. The summed E-state index contributed by atoms with van der Waals surface area (Å²) in [5, 5.41) is 3.49. The van der Waals surface area contributed by atoms with Crippen LogP contribution in [0.2, 0.25) is 0 Å². The van der Waals surface area contributed by atoms with E-state index in [2.05, 4.69) is 79.8 Å². The smallest absolute Gasteiger partial charge is 0.264 e. The maximum Gasteiger partial charge on any atom is 0.264 e. The van der Waals surface area contributed by atoms with Gasteiger partial charge in [-0.1, -0.05) is 45.0 Å². The maximum absolute atomic E-state index is 12.6. The van der Waals surface area contributed by atoms with Crippen LogP contribution >= 0.6 is 11.8 Å². The monoisotopic (exact) mass is 443 g/mol. The highest BCUT2D eigenvalue weighted by molar-refractivity contribution is 8.18. The van der Waals surface area contributed by atoms with Crippen LogP contribution in [-0.2, 0) is 10.2 Å². The van der Waals surface area contributed by atoms with Gasteiger partial charge < -0.3 is 9.88 Å². The van der Waals surface area contributed by atoms with E-state index >= 15 is 0 Å². The number of rotatable bonds is 3. The van der Waals surface area contributed by atoms with Crippen LogP contribution < -0.4 is 5.32 Å². The average Bonchev–Trinajstić information content (AvgIpc) is 3.19. The average molecular weight is 444 g/mol. The van der Waals surface area contributed by atoms with Crippen molar-refractivity contribution in [3.8, 4) is 5.69 Å². The lowest BCUT2D eigenvalue weighted by Gasteiger charge is -2.20. The summed E-state index contributed by atoms with van der Waals surface area (Å²) < 4.78 is 2.23. The summed E-state index contributed by atoms with van der Waals surface area (Å²) in [6.07, 6.45) is 1.96. The van der Waals surface area contributed by atoms with Crippen LogP contribution in [0.5, 0.6) is 0 Å². The third kappa shape index (κ3) is 4.58. The Labute approximate surface area is 194 Å². The first kappa shape index (κ1) is 22.2.